The Morgan fingerprint density at radius 2 is 2.05 bits per heavy atom. The maximum absolute atomic E-state index is 12.7. The number of halogens is 1. The van der Waals surface area contributed by atoms with Crippen LogP contribution < -0.4 is 5.73 Å². The van der Waals surface area contributed by atoms with Crippen molar-refractivity contribution < 1.29 is 8.42 Å². The van der Waals surface area contributed by atoms with Crippen LogP contribution in [0.25, 0.3) is 10.9 Å². The van der Waals surface area contributed by atoms with E-state index in [-0.39, 0.29) is 24.2 Å². The van der Waals surface area contributed by atoms with Crippen molar-refractivity contribution >= 4 is 33.3 Å². The molecule has 3 rings (SSSR count). The normalized spacial score (nSPS) is 19.2. The third-order valence-electron chi connectivity index (χ3n) is 4.01. The van der Waals surface area contributed by atoms with Gasteiger partial charge in [-0.15, -0.1) is 12.4 Å². The lowest BCUT2D eigenvalue weighted by atomic mass is 10.1. The maximum atomic E-state index is 12.7. The summed E-state index contributed by atoms with van der Waals surface area (Å²) in [5.41, 5.74) is 7.19. The molecule has 1 saturated heterocycles. The summed E-state index contributed by atoms with van der Waals surface area (Å²) in [5.74, 6) is -0.0160. The molecule has 1 unspecified atom stereocenters. The molecule has 0 saturated carbocycles. The minimum Gasteiger partial charge on any atom is -0.329 e. The van der Waals surface area contributed by atoms with Gasteiger partial charge in [-0.25, -0.2) is 8.42 Å². The summed E-state index contributed by atoms with van der Waals surface area (Å²) in [6, 6.07) is 9.39. The van der Waals surface area contributed by atoms with Crippen molar-refractivity contribution in [2.24, 2.45) is 5.73 Å². The summed E-state index contributed by atoms with van der Waals surface area (Å²) < 4.78 is 26.9. The van der Waals surface area contributed by atoms with Gasteiger partial charge in [-0.1, -0.05) is 24.3 Å². The molecular formula is C15H20ClN3O2S. The van der Waals surface area contributed by atoms with Crippen molar-refractivity contribution in [3.8, 4) is 0 Å². The number of para-hydroxylation sites is 1. The second-order valence-electron chi connectivity index (χ2n) is 5.39. The first-order valence-electron chi connectivity index (χ1n) is 7.14. The fourth-order valence-corrected chi connectivity index (χ4v) is 4.82. The number of rotatable bonds is 4. The maximum Gasteiger partial charge on any atom is 0.218 e. The van der Waals surface area contributed by atoms with Crippen LogP contribution >= 0.6 is 12.4 Å². The van der Waals surface area contributed by atoms with Gasteiger partial charge in [0, 0.05) is 30.7 Å². The topological polar surface area (TPSA) is 76.3 Å². The Morgan fingerprint density at radius 3 is 2.82 bits per heavy atom. The molecule has 7 heteroatoms. The fourth-order valence-electron chi connectivity index (χ4n) is 2.97. The third kappa shape index (κ3) is 3.25. The molecule has 0 radical (unpaired) electrons. The van der Waals surface area contributed by atoms with Crippen LogP contribution in [0.4, 0.5) is 0 Å². The minimum atomic E-state index is -3.35. The first-order valence-corrected chi connectivity index (χ1v) is 8.75. The lowest BCUT2D eigenvalue weighted by Crippen LogP contribution is -2.40. The van der Waals surface area contributed by atoms with E-state index in [9.17, 15) is 8.42 Å². The second-order valence-corrected chi connectivity index (χ2v) is 7.31. The monoisotopic (exact) mass is 341 g/mol. The van der Waals surface area contributed by atoms with Crippen LogP contribution in [0, 0.1) is 0 Å². The Morgan fingerprint density at radius 1 is 1.27 bits per heavy atom. The van der Waals surface area contributed by atoms with E-state index >= 15 is 0 Å². The molecule has 5 nitrogen and oxygen atoms in total. The number of hydrogen-bond acceptors (Lipinski definition) is 4. The largest absolute Gasteiger partial charge is 0.329 e. The average molecular weight is 342 g/mol. The van der Waals surface area contributed by atoms with Crippen molar-refractivity contribution in [1.82, 2.24) is 9.29 Å². The highest BCUT2D eigenvalue weighted by Gasteiger charge is 2.33. The molecule has 1 aromatic heterocycles. The second kappa shape index (κ2) is 6.91. The summed E-state index contributed by atoms with van der Waals surface area (Å²) in [7, 11) is -3.35. The number of hydrogen-bond donors (Lipinski definition) is 1. The number of fused-ring (bicyclic) bond motifs is 1. The number of pyridine rings is 1. The average Bonchev–Trinajstić information content (AvgIpc) is 2.97. The summed E-state index contributed by atoms with van der Waals surface area (Å²) in [6.45, 7) is 0.954. The molecule has 2 heterocycles. The quantitative estimate of drug-likeness (QED) is 0.921. The zero-order valence-electron chi connectivity index (χ0n) is 12.2. The van der Waals surface area contributed by atoms with Crippen molar-refractivity contribution in [2.45, 2.75) is 24.6 Å². The molecule has 1 aliphatic heterocycles. The summed E-state index contributed by atoms with van der Waals surface area (Å²) in [5, 5.41) is 0.960. The Kier molecular flexibility index (Phi) is 5.39. The SMILES string of the molecule is Cl.NCC1CCCN1S(=O)(=O)Cc1cccc2cccnc12. The molecule has 0 bridgehead atoms. The molecule has 120 valence electrons. The molecule has 0 aliphatic carbocycles. The van der Waals surface area contributed by atoms with Crippen molar-refractivity contribution in [3.63, 3.8) is 0 Å². The van der Waals surface area contributed by atoms with Crippen molar-refractivity contribution in [1.29, 1.82) is 0 Å². The highest BCUT2D eigenvalue weighted by atomic mass is 35.5. The molecule has 1 aromatic carbocycles. The Balaban J connectivity index is 0.00000176. The van der Waals surface area contributed by atoms with Crippen molar-refractivity contribution in [2.75, 3.05) is 13.1 Å². The van der Waals surface area contributed by atoms with Crippen LogP contribution in [-0.4, -0.2) is 36.8 Å². The minimum absolute atomic E-state index is 0. The van der Waals surface area contributed by atoms with Gasteiger partial charge in [-0.2, -0.15) is 4.31 Å². The van der Waals surface area contributed by atoms with Gasteiger partial charge in [-0.05, 0) is 24.5 Å². The molecule has 0 spiro atoms. The Labute approximate surface area is 137 Å². The first-order chi connectivity index (χ1) is 10.1. The number of nitrogens with zero attached hydrogens (tertiary/aromatic N) is 2. The first kappa shape index (κ1) is 17.1. The molecule has 2 N–H and O–H groups in total. The van der Waals surface area contributed by atoms with E-state index in [0.29, 0.717) is 13.1 Å². The predicted octanol–water partition coefficient (Wildman–Crippen LogP) is 1.91. The molecule has 1 aliphatic rings. The number of benzene rings is 1. The van der Waals surface area contributed by atoms with Gasteiger partial charge in [0.05, 0.1) is 11.3 Å². The molecule has 2 aromatic rings. The zero-order chi connectivity index (χ0) is 14.9. The van der Waals surface area contributed by atoms with Gasteiger partial charge in [0.15, 0.2) is 0 Å². The van der Waals surface area contributed by atoms with E-state index in [2.05, 4.69) is 4.98 Å². The van der Waals surface area contributed by atoms with E-state index in [1.165, 1.54) is 0 Å². The van der Waals surface area contributed by atoms with Crippen molar-refractivity contribution in [3.05, 3.63) is 42.1 Å². The number of sulfonamides is 1. The lowest BCUT2D eigenvalue weighted by molar-refractivity contribution is 0.392. The smallest absolute Gasteiger partial charge is 0.218 e. The molecular weight excluding hydrogens is 322 g/mol. The van der Waals surface area contributed by atoms with E-state index in [0.717, 1.165) is 29.3 Å². The van der Waals surface area contributed by atoms with Gasteiger partial charge in [0.2, 0.25) is 10.0 Å². The summed E-state index contributed by atoms with van der Waals surface area (Å²) in [6.07, 6.45) is 3.43. The van der Waals surface area contributed by atoms with Gasteiger partial charge in [-0.3, -0.25) is 4.98 Å². The third-order valence-corrected chi connectivity index (χ3v) is 5.88. The van der Waals surface area contributed by atoms with Gasteiger partial charge in [0.25, 0.3) is 0 Å². The lowest BCUT2D eigenvalue weighted by Gasteiger charge is -2.23. The number of nitrogens with two attached hydrogens (primary N) is 1. The van der Waals surface area contributed by atoms with E-state index in [4.69, 9.17) is 5.73 Å². The molecule has 1 atom stereocenters. The highest BCUT2D eigenvalue weighted by Crippen LogP contribution is 2.25. The fraction of sp³-hybridized carbons (Fsp3) is 0.400. The van der Waals surface area contributed by atoms with E-state index in [1.807, 2.05) is 30.3 Å². The van der Waals surface area contributed by atoms with E-state index < -0.39 is 10.0 Å². The van der Waals surface area contributed by atoms with Gasteiger partial charge >= 0.3 is 0 Å². The van der Waals surface area contributed by atoms with Crippen LogP contribution in [0.5, 0.6) is 0 Å². The molecule has 22 heavy (non-hydrogen) atoms. The van der Waals surface area contributed by atoms with Gasteiger partial charge in [0.1, 0.15) is 0 Å². The molecule has 1 fully saturated rings. The predicted molar refractivity (Wildman–Crippen MR) is 90.4 cm³/mol. The van der Waals surface area contributed by atoms with Crippen LogP contribution in [-0.2, 0) is 15.8 Å². The van der Waals surface area contributed by atoms with Crippen LogP contribution in [0.2, 0.25) is 0 Å². The number of aromatic nitrogens is 1. The standard InChI is InChI=1S/C15H19N3O2S.ClH/c16-10-14-7-3-9-18(14)21(19,20)11-13-5-1-4-12-6-2-8-17-15(12)13;/h1-2,4-6,8,14H,3,7,9-11,16H2;1H. The van der Waals surface area contributed by atoms with E-state index in [1.54, 1.807) is 10.5 Å². The van der Waals surface area contributed by atoms with Crippen LogP contribution in [0.15, 0.2) is 36.5 Å². The zero-order valence-corrected chi connectivity index (χ0v) is 13.8. The summed E-state index contributed by atoms with van der Waals surface area (Å²) >= 11 is 0. The van der Waals surface area contributed by atoms with Gasteiger partial charge < -0.3 is 5.73 Å². The summed E-state index contributed by atoms with van der Waals surface area (Å²) in [4.78, 5) is 4.32. The highest BCUT2D eigenvalue weighted by molar-refractivity contribution is 7.88. The molecule has 0 amide bonds. The Hall–Kier alpha value is -1.21. The van der Waals surface area contributed by atoms with Crippen LogP contribution in [0.3, 0.4) is 0 Å². The Bertz CT molecular complexity index is 746. The van der Waals surface area contributed by atoms with Crippen LogP contribution in [0.1, 0.15) is 18.4 Å².